The normalized spacial score (nSPS) is 10.8. The van der Waals surface area contributed by atoms with Gasteiger partial charge in [0, 0.05) is 23.9 Å². The maximum atomic E-state index is 11.8. The van der Waals surface area contributed by atoms with Crippen molar-refractivity contribution in [3.63, 3.8) is 0 Å². The number of nitrogens with zero attached hydrogens (tertiary/aromatic N) is 1. The fraction of sp³-hybridized carbons (Fsp3) is 0.250. The summed E-state index contributed by atoms with van der Waals surface area (Å²) >= 11 is 0. The van der Waals surface area contributed by atoms with Crippen molar-refractivity contribution in [1.29, 1.82) is 0 Å². The number of pyridine rings is 1. The lowest BCUT2D eigenvalue weighted by Gasteiger charge is -2.09. The highest BCUT2D eigenvalue weighted by Gasteiger charge is 2.11. The van der Waals surface area contributed by atoms with Gasteiger partial charge in [-0.25, -0.2) is 4.79 Å². The maximum absolute atomic E-state index is 11.8. The van der Waals surface area contributed by atoms with Crippen molar-refractivity contribution in [2.24, 2.45) is 0 Å². The lowest BCUT2D eigenvalue weighted by molar-refractivity contribution is -0.131. The Morgan fingerprint density at radius 2 is 2.18 bits per heavy atom. The second-order valence-corrected chi connectivity index (χ2v) is 3.74. The fourth-order valence-corrected chi connectivity index (χ4v) is 1.23. The zero-order valence-electron chi connectivity index (χ0n) is 9.68. The third-order valence-corrected chi connectivity index (χ3v) is 1.88. The van der Waals surface area contributed by atoms with Gasteiger partial charge in [0.2, 0.25) is 0 Å². The SMILES string of the molecule is CC(C)NC(=O)c1ncccc1/C=C/C(=O)O. The Balaban J connectivity index is 2.99. The van der Waals surface area contributed by atoms with Crippen LogP contribution in [0.25, 0.3) is 6.08 Å². The molecule has 17 heavy (non-hydrogen) atoms. The van der Waals surface area contributed by atoms with Crippen molar-refractivity contribution in [1.82, 2.24) is 10.3 Å². The van der Waals surface area contributed by atoms with Gasteiger partial charge in [0.25, 0.3) is 5.91 Å². The van der Waals surface area contributed by atoms with Crippen LogP contribution >= 0.6 is 0 Å². The first-order valence-corrected chi connectivity index (χ1v) is 5.17. The number of carboxylic acid groups (broad SMARTS) is 1. The molecular weight excluding hydrogens is 220 g/mol. The second-order valence-electron chi connectivity index (χ2n) is 3.74. The first-order valence-electron chi connectivity index (χ1n) is 5.17. The van der Waals surface area contributed by atoms with Gasteiger partial charge in [-0.3, -0.25) is 9.78 Å². The summed E-state index contributed by atoms with van der Waals surface area (Å²) in [7, 11) is 0. The molecule has 0 saturated carbocycles. The Bertz CT molecular complexity index is 453. The lowest BCUT2D eigenvalue weighted by atomic mass is 10.1. The van der Waals surface area contributed by atoms with Gasteiger partial charge in [0.1, 0.15) is 5.69 Å². The van der Waals surface area contributed by atoms with E-state index in [1.165, 1.54) is 12.3 Å². The van der Waals surface area contributed by atoms with Crippen LogP contribution in [0.3, 0.4) is 0 Å². The number of hydrogen-bond donors (Lipinski definition) is 2. The third-order valence-electron chi connectivity index (χ3n) is 1.88. The Kier molecular flexibility index (Phi) is 4.39. The van der Waals surface area contributed by atoms with Gasteiger partial charge in [-0.1, -0.05) is 6.07 Å². The van der Waals surface area contributed by atoms with E-state index in [9.17, 15) is 9.59 Å². The van der Waals surface area contributed by atoms with Crippen LogP contribution in [0.2, 0.25) is 0 Å². The smallest absolute Gasteiger partial charge is 0.328 e. The van der Waals surface area contributed by atoms with E-state index in [1.807, 2.05) is 13.8 Å². The average molecular weight is 234 g/mol. The number of rotatable bonds is 4. The molecule has 0 fully saturated rings. The largest absolute Gasteiger partial charge is 0.478 e. The van der Waals surface area contributed by atoms with Crippen LogP contribution in [0, 0.1) is 0 Å². The predicted molar refractivity (Wildman–Crippen MR) is 63.5 cm³/mol. The number of nitrogens with one attached hydrogen (secondary N) is 1. The van der Waals surface area contributed by atoms with Crippen molar-refractivity contribution in [3.8, 4) is 0 Å². The van der Waals surface area contributed by atoms with E-state index in [4.69, 9.17) is 5.11 Å². The number of aliphatic carboxylic acids is 1. The quantitative estimate of drug-likeness (QED) is 0.770. The zero-order valence-corrected chi connectivity index (χ0v) is 9.68. The molecule has 1 aromatic heterocycles. The minimum absolute atomic E-state index is 0.000750. The van der Waals surface area contributed by atoms with Gasteiger partial charge in [0.05, 0.1) is 0 Å². The number of carboxylic acids is 1. The topological polar surface area (TPSA) is 79.3 Å². The first-order chi connectivity index (χ1) is 8.00. The first kappa shape index (κ1) is 12.9. The molecule has 0 unspecified atom stereocenters. The summed E-state index contributed by atoms with van der Waals surface area (Å²) in [6.07, 6.45) is 3.82. The molecule has 1 amide bonds. The average Bonchev–Trinajstić information content (AvgIpc) is 2.25. The standard InChI is InChI=1S/C12H14N2O3/c1-8(2)14-12(17)11-9(4-3-7-13-11)5-6-10(15)16/h3-8H,1-2H3,(H,14,17)(H,15,16)/b6-5+. The summed E-state index contributed by atoms with van der Waals surface area (Å²) in [5.74, 6) is -1.38. The Hall–Kier alpha value is -2.17. The number of amides is 1. The maximum Gasteiger partial charge on any atom is 0.328 e. The molecular formula is C12H14N2O3. The number of carbonyl (C=O) groups is 2. The van der Waals surface area contributed by atoms with Gasteiger partial charge in [-0.2, -0.15) is 0 Å². The summed E-state index contributed by atoms with van der Waals surface area (Å²) in [4.78, 5) is 26.1. The number of carbonyl (C=O) groups excluding carboxylic acids is 1. The van der Waals surface area contributed by atoms with E-state index in [-0.39, 0.29) is 17.6 Å². The minimum atomic E-state index is -1.07. The molecule has 0 aliphatic carbocycles. The molecule has 0 radical (unpaired) electrons. The molecule has 90 valence electrons. The van der Waals surface area contributed by atoms with Gasteiger partial charge in [-0.15, -0.1) is 0 Å². The highest BCUT2D eigenvalue weighted by Crippen LogP contribution is 2.08. The van der Waals surface area contributed by atoms with Crippen LogP contribution < -0.4 is 5.32 Å². The van der Waals surface area contributed by atoms with Gasteiger partial charge in [0.15, 0.2) is 0 Å². The molecule has 1 aromatic rings. The van der Waals surface area contributed by atoms with Crippen LogP contribution in [0.1, 0.15) is 29.9 Å². The van der Waals surface area contributed by atoms with Crippen LogP contribution in [0.15, 0.2) is 24.4 Å². The highest BCUT2D eigenvalue weighted by atomic mass is 16.4. The minimum Gasteiger partial charge on any atom is -0.478 e. The molecule has 5 nitrogen and oxygen atoms in total. The Labute approximate surface area is 99.2 Å². The fourth-order valence-electron chi connectivity index (χ4n) is 1.23. The molecule has 0 aromatic carbocycles. The number of aromatic nitrogens is 1. The van der Waals surface area contributed by atoms with Gasteiger partial charge in [-0.05, 0) is 26.0 Å². The van der Waals surface area contributed by atoms with Crippen molar-refractivity contribution in [3.05, 3.63) is 35.7 Å². The van der Waals surface area contributed by atoms with E-state index >= 15 is 0 Å². The number of hydrogen-bond acceptors (Lipinski definition) is 3. The highest BCUT2D eigenvalue weighted by molar-refractivity contribution is 5.97. The van der Waals surface area contributed by atoms with Crippen molar-refractivity contribution >= 4 is 18.0 Å². The molecule has 1 heterocycles. The second kappa shape index (κ2) is 5.79. The Morgan fingerprint density at radius 1 is 1.47 bits per heavy atom. The van der Waals surface area contributed by atoms with Gasteiger partial charge < -0.3 is 10.4 Å². The van der Waals surface area contributed by atoms with E-state index in [0.717, 1.165) is 6.08 Å². The molecule has 0 spiro atoms. The van der Waals surface area contributed by atoms with Crippen LogP contribution in [-0.2, 0) is 4.79 Å². The van der Waals surface area contributed by atoms with Crippen molar-refractivity contribution in [2.45, 2.75) is 19.9 Å². The third kappa shape index (κ3) is 4.06. The zero-order chi connectivity index (χ0) is 12.8. The van der Waals surface area contributed by atoms with Crippen molar-refractivity contribution in [2.75, 3.05) is 0 Å². The summed E-state index contributed by atoms with van der Waals surface area (Å²) in [6.45, 7) is 3.68. The van der Waals surface area contributed by atoms with E-state index < -0.39 is 5.97 Å². The molecule has 0 saturated heterocycles. The van der Waals surface area contributed by atoms with E-state index in [0.29, 0.717) is 5.56 Å². The Morgan fingerprint density at radius 3 is 2.76 bits per heavy atom. The summed E-state index contributed by atoms with van der Waals surface area (Å²) in [5.41, 5.74) is 0.701. The lowest BCUT2D eigenvalue weighted by Crippen LogP contribution is -2.31. The summed E-state index contributed by atoms with van der Waals surface area (Å²) < 4.78 is 0. The van der Waals surface area contributed by atoms with Crippen LogP contribution in [0.5, 0.6) is 0 Å². The van der Waals surface area contributed by atoms with Crippen LogP contribution in [-0.4, -0.2) is 28.0 Å². The molecule has 0 bridgehead atoms. The summed E-state index contributed by atoms with van der Waals surface area (Å²) in [5, 5.41) is 11.2. The van der Waals surface area contributed by atoms with Crippen LogP contribution in [0.4, 0.5) is 0 Å². The molecule has 5 heteroatoms. The summed E-state index contributed by atoms with van der Waals surface area (Å²) in [6, 6.07) is 3.29. The molecule has 1 rings (SSSR count). The molecule has 0 atom stereocenters. The monoisotopic (exact) mass is 234 g/mol. The van der Waals surface area contributed by atoms with E-state index in [1.54, 1.807) is 12.1 Å². The van der Waals surface area contributed by atoms with E-state index in [2.05, 4.69) is 10.3 Å². The van der Waals surface area contributed by atoms with Crippen molar-refractivity contribution < 1.29 is 14.7 Å². The molecule has 0 aliphatic rings. The predicted octanol–water partition coefficient (Wildman–Crippen LogP) is 1.32. The van der Waals surface area contributed by atoms with Gasteiger partial charge >= 0.3 is 5.97 Å². The molecule has 0 aliphatic heterocycles. The molecule has 2 N–H and O–H groups in total.